The molecule has 26 heavy (non-hydrogen) atoms. The van der Waals surface area contributed by atoms with Gasteiger partial charge >= 0.3 is 23.8 Å². The second kappa shape index (κ2) is 7.72. The van der Waals surface area contributed by atoms with Crippen molar-refractivity contribution in [1.29, 1.82) is 0 Å². The Labute approximate surface area is 148 Å². The highest BCUT2D eigenvalue weighted by molar-refractivity contribution is 5.93. The van der Waals surface area contributed by atoms with Gasteiger partial charge in [-0.05, 0) is 36.6 Å². The van der Waals surface area contributed by atoms with E-state index in [9.17, 15) is 14.4 Å². The second-order valence-corrected chi connectivity index (χ2v) is 5.91. The van der Waals surface area contributed by atoms with Crippen LogP contribution in [0.2, 0.25) is 0 Å². The number of urea groups is 1. The van der Waals surface area contributed by atoms with Crippen LogP contribution in [0.25, 0.3) is 5.69 Å². The summed E-state index contributed by atoms with van der Waals surface area (Å²) >= 11 is 0. The third-order valence-electron chi connectivity index (χ3n) is 3.63. The molecule has 0 aliphatic carbocycles. The molecular weight excluding hydrogens is 344 g/mol. The van der Waals surface area contributed by atoms with Gasteiger partial charge in [-0.1, -0.05) is 18.9 Å². The van der Waals surface area contributed by atoms with E-state index in [0.29, 0.717) is 16.9 Å². The van der Waals surface area contributed by atoms with Crippen molar-refractivity contribution in [3.05, 3.63) is 34.3 Å². The van der Waals surface area contributed by atoms with Crippen LogP contribution in [0.1, 0.15) is 19.4 Å². The van der Waals surface area contributed by atoms with E-state index in [1.54, 1.807) is 39.0 Å². The van der Waals surface area contributed by atoms with Gasteiger partial charge < -0.3 is 24.9 Å². The third kappa shape index (κ3) is 4.21. The molecule has 0 saturated heterocycles. The summed E-state index contributed by atoms with van der Waals surface area (Å²) in [6.45, 7) is 5.12. The zero-order valence-electron chi connectivity index (χ0n) is 14.8. The summed E-state index contributed by atoms with van der Waals surface area (Å²) in [5.41, 5.74) is 1.53. The summed E-state index contributed by atoms with van der Waals surface area (Å²) in [4.78, 5) is 34.9. The minimum atomic E-state index is -1.11. The van der Waals surface area contributed by atoms with Crippen molar-refractivity contribution < 1.29 is 23.8 Å². The Bertz CT molecular complexity index is 870. The van der Waals surface area contributed by atoms with Crippen LogP contribution in [0.15, 0.2) is 27.4 Å². The van der Waals surface area contributed by atoms with Crippen molar-refractivity contribution in [2.24, 2.45) is 5.92 Å². The molecule has 1 unspecified atom stereocenters. The Morgan fingerprint density at radius 3 is 2.54 bits per heavy atom. The topological polar surface area (TPSA) is 136 Å². The number of carbonyl (C=O) groups is 2. The van der Waals surface area contributed by atoms with E-state index in [0.717, 1.165) is 4.68 Å². The van der Waals surface area contributed by atoms with Gasteiger partial charge in [0.2, 0.25) is 0 Å². The summed E-state index contributed by atoms with van der Waals surface area (Å²) in [5, 5.41) is 18.0. The van der Waals surface area contributed by atoms with E-state index < -0.39 is 23.8 Å². The summed E-state index contributed by atoms with van der Waals surface area (Å²) in [5.74, 6) is -2.08. The van der Waals surface area contributed by atoms with Gasteiger partial charge in [0.05, 0.1) is 12.8 Å². The zero-order chi connectivity index (χ0) is 19.4. The number of hydrogen-bond donors (Lipinski definition) is 3. The van der Waals surface area contributed by atoms with Crippen molar-refractivity contribution in [2.45, 2.75) is 26.8 Å². The van der Waals surface area contributed by atoms with Crippen LogP contribution in [-0.4, -0.2) is 40.0 Å². The quantitative estimate of drug-likeness (QED) is 0.704. The SMILES string of the molecule is COc1nn(-c2ccc(NC(=O)NC(C(=O)O)C(C)C)c(C)c2)c(=O)o1. The van der Waals surface area contributed by atoms with Crippen LogP contribution < -0.4 is 21.1 Å². The van der Waals surface area contributed by atoms with Gasteiger partial charge in [-0.25, -0.2) is 14.4 Å². The number of anilines is 1. The number of nitrogens with one attached hydrogen (secondary N) is 2. The van der Waals surface area contributed by atoms with Crippen LogP contribution in [0, 0.1) is 12.8 Å². The normalized spacial score (nSPS) is 11.9. The number of methoxy groups -OCH3 is 1. The lowest BCUT2D eigenvalue weighted by Crippen LogP contribution is -2.46. The van der Waals surface area contributed by atoms with E-state index in [1.807, 2.05) is 0 Å². The highest BCUT2D eigenvalue weighted by Gasteiger charge is 2.23. The number of hydrogen-bond acceptors (Lipinski definition) is 6. The molecule has 2 amide bonds. The highest BCUT2D eigenvalue weighted by Crippen LogP contribution is 2.19. The molecule has 0 aliphatic heterocycles. The number of benzene rings is 1. The molecule has 2 rings (SSSR count). The summed E-state index contributed by atoms with van der Waals surface area (Å²) in [6, 6.07) is 3.11. The first-order chi connectivity index (χ1) is 12.2. The molecule has 10 nitrogen and oxygen atoms in total. The lowest BCUT2D eigenvalue weighted by Gasteiger charge is -2.18. The molecule has 0 saturated carbocycles. The van der Waals surface area contributed by atoms with Gasteiger partial charge in [0.25, 0.3) is 0 Å². The second-order valence-electron chi connectivity index (χ2n) is 5.91. The average molecular weight is 364 g/mol. The molecule has 1 atom stereocenters. The number of nitrogens with zero attached hydrogens (tertiary/aromatic N) is 2. The van der Waals surface area contributed by atoms with Crippen molar-refractivity contribution in [1.82, 2.24) is 15.1 Å². The molecule has 3 N–H and O–H groups in total. The molecule has 140 valence electrons. The van der Waals surface area contributed by atoms with Gasteiger partial charge in [0.15, 0.2) is 0 Å². The largest absolute Gasteiger partial charge is 0.480 e. The van der Waals surface area contributed by atoms with E-state index in [4.69, 9.17) is 14.3 Å². The minimum absolute atomic E-state index is 0.164. The number of aromatic nitrogens is 2. The first-order valence-electron chi connectivity index (χ1n) is 7.78. The zero-order valence-corrected chi connectivity index (χ0v) is 14.8. The molecule has 1 aromatic carbocycles. The fourth-order valence-electron chi connectivity index (χ4n) is 2.24. The summed E-state index contributed by atoms with van der Waals surface area (Å²) in [7, 11) is 1.33. The average Bonchev–Trinajstić information content (AvgIpc) is 2.95. The van der Waals surface area contributed by atoms with Crippen molar-refractivity contribution in [3.8, 4) is 11.8 Å². The van der Waals surface area contributed by atoms with E-state index in [-0.39, 0.29) is 12.0 Å². The number of carboxylic acids is 1. The number of aryl methyl sites for hydroxylation is 1. The maximum atomic E-state index is 12.1. The van der Waals surface area contributed by atoms with Gasteiger partial charge in [0, 0.05) is 5.69 Å². The van der Waals surface area contributed by atoms with Crippen LogP contribution in [0.3, 0.4) is 0 Å². The molecule has 1 aromatic heterocycles. The smallest absolute Gasteiger partial charge is 0.444 e. The van der Waals surface area contributed by atoms with E-state index in [1.165, 1.54) is 7.11 Å². The van der Waals surface area contributed by atoms with Crippen LogP contribution in [0.5, 0.6) is 6.08 Å². The number of carbonyl (C=O) groups excluding carboxylic acids is 1. The number of carboxylic acid groups (broad SMARTS) is 1. The predicted molar refractivity (Wildman–Crippen MR) is 91.8 cm³/mol. The Balaban J connectivity index is 2.17. The molecule has 0 radical (unpaired) electrons. The standard InChI is InChI=1S/C16H20N4O6/c1-8(2)12(13(21)22)18-14(23)17-11-6-5-10(7-9(11)3)20-16(24)26-15(19-20)25-4/h5-8,12H,1-4H3,(H,21,22)(H2,17,18,23). The van der Waals surface area contributed by atoms with Gasteiger partial charge in [-0.15, -0.1) is 0 Å². The van der Waals surface area contributed by atoms with E-state index >= 15 is 0 Å². The Hall–Kier alpha value is -3.30. The number of ether oxygens (including phenoxy) is 1. The Morgan fingerprint density at radius 2 is 2.04 bits per heavy atom. The molecule has 0 bridgehead atoms. The first-order valence-corrected chi connectivity index (χ1v) is 7.78. The van der Waals surface area contributed by atoms with Gasteiger partial charge in [-0.2, -0.15) is 4.68 Å². The first kappa shape index (κ1) is 19.0. The highest BCUT2D eigenvalue weighted by atomic mass is 16.6. The lowest BCUT2D eigenvalue weighted by atomic mass is 10.1. The van der Waals surface area contributed by atoms with Gasteiger partial charge in [-0.3, -0.25) is 0 Å². The third-order valence-corrected chi connectivity index (χ3v) is 3.63. The molecule has 0 spiro atoms. The Kier molecular flexibility index (Phi) is 5.65. The molecule has 0 fully saturated rings. The van der Waals surface area contributed by atoms with Crippen LogP contribution >= 0.6 is 0 Å². The molecule has 1 heterocycles. The molecule has 10 heteroatoms. The molecular formula is C16H20N4O6. The fourth-order valence-corrected chi connectivity index (χ4v) is 2.24. The molecule has 0 aliphatic rings. The summed E-state index contributed by atoms with van der Waals surface area (Å²) < 4.78 is 10.6. The van der Waals surface area contributed by atoms with Crippen molar-refractivity contribution in [3.63, 3.8) is 0 Å². The number of rotatable bonds is 6. The van der Waals surface area contributed by atoms with Crippen LogP contribution in [0.4, 0.5) is 10.5 Å². The van der Waals surface area contributed by atoms with Crippen LogP contribution in [-0.2, 0) is 4.79 Å². The Morgan fingerprint density at radius 1 is 1.35 bits per heavy atom. The fraction of sp³-hybridized carbons (Fsp3) is 0.375. The van der Waals surface area contributed by atoms with Crippen molar-refractivity contribution in [2.75, 3.05) is 12.4 Å². The molecule has 2 aromatic rings. The van der Waals surface area contributed by atoms with Crippen molar-refractivity contribution >= 4 is 17.7 Å². The lowest BCUT2D eigenvalue weighted by molar-refractivity contribution is -0.140. The minimum Gasteiger partial charge on any atom is -0.480 e. The number of amides is 2. The van der Waals surface area contributed by atoms with Gasteiger partial charge in [0.1, 0.15) is 6.04 Å². The maximum Gasteiger partial charge on any atom is 0.444 e. The monoisotopic (exact) mass is 364 g/mol. The van der Waals surface area contributed by atoms with E-state index in [2.05, 4.69) is 15.7 Å². The predicted octanol–water partition coefficient (Wildman–Crippen LogP) is 1.37. The summed E-state index contributed by atoms with van der Waals surface area (Å²) in [6.07, 6.45) is -0.164. The number of aliphatic carboxylic acids is 1. The maximum absolute atomic E-state index is 12.1.